The van der Waals surface area contributed by atoms with Crippen molar-refractivity contribution in [3.8, 4) is 5.88 Å². The summed E-state index contributed by atoms with van der Waals surface area (Å²) in [6.07, 6.45) is 1.19. The number of nitrogens with zero attached hydrogens (tertiary/aromatic N) is 3. The van der Waals surface area contributed by atoms with E-state index in [2.05, 4.69) is 9.97 Å². The van der Waals surface area contributed by atoms with E-state index in [0.717, 1.165) is 11.4 Å². The number of hydrogen-bond acceptors (Lipinski definition) is 5. The van der Waals surface area contributed by atoms with Crippen molar-refractivity contribution in [2.75, 3.05) is 24.3 Å². The summed E-state index contributed by atoms with van der Waals surface area (Å²) in [7, 11) is 1.54. The van der Waals surface area contributed by atoms with Crippen molar-refractivity contribution in [1.82, 2.24) is 9.97 Å². The molecule has 1 aromatic carbocycles. The molecule has 0 radical (unpaired) electrons. The number of carbonyl (C=O) groups is 1. The summed E-state index contributed by atoms with van der Waals surface area (Å²) in [5, 5.41) is 0. The molecular formula is C16H18N4O2. The quantitative estimate of drug-likeness (QED) is 0.928. The summed E-state index contributed by atoms with van der Waals surface area (Å²) in [5.74, 6) is 1.00. The highest BCUT2D eigenvalue weighted by Gasteiger charge is 2.30. The van der Waals surface area contributed by atoms with Gasteiger partial charge in [-0.25, -0.2) is 4.98 Å². The normalized spacial score (nSPS) is 17.8. The van der Waals surface area contributed by atoms with Crippen molar-refractivity contribution in [3.05, 3.63) is 42.1 Å². The predicted molar refractivity (Wildman–Crippen MR) is 83.6 cm³/mol. The second kappa shape index (κ2) is 6.01. The third kappa shape index (κ3) is 3.00. The first-order valence-electron chi connectivity index (χ1n) is 7.18. The molecule has 1 aliphatic rings. The highest BCUT2D eigenvalue weighted by molar-refractivity contribution is 5.95. The smallest absolute Gasteiger partial charge is 0.227 e. The number of methoxy groups -OCH3 is 1. The average molecular weight is 298 g/mol. The predicted octanol–water partition coefficient (Wildman–Crippen LogP) is 1.66. The van der Waals surface area contributed by atoms with E-state index in [0.29, 0.717) is 25.3 Å². The molecule has 1 amide bonds. The third-order valence-corrected chi connectivity index (χ3v) is 3.75. The van der Waals surface area contributed by atoms with Crippen LogP contribution < -0.4 is 15.4 Å². The van der Waals surface area contributed by atoms with E-state index in [9.17, 15) is 4.79 Å². The number of nitrogens with two attached hydrogens (primary N) is 1. The lowest BCUT2D eigenvalue weighted by Crippen LogP contribution is -2.24. The number of benzene rings is 1. The van der Waals surface area contributed by atoms with Gasteiger partial charge in [-0.3, -0.25) is 4.79 Å². The molecule has 0 spiro atoms. The Morgan fingerprint density at radius 2 is 2.09 bits per heavy atom. The van der Waals surface area contributed by atoms with Gasteiger partial charge in [-0.1, -0.05) is 18.2 Å². The molecule has 1 atom stereocenters. The summed E-state index contributed by atoms with van der Waals surface area (Å²) >= 11 is 0. The summed E-state index contributed by atoms with van der Waals surface area (Å²) in [6.45, 7) is 0.690. The van der Waals surface area contributed by atoms with Gasteiger partial charge in [0.05, 0.1) is 12.8 Å². The van der Waals surface area contributed by atoms with Gasteiger partial charge in [0.2, 0.25) is 17.7 Å². The maximum Gasteiger partial charge on any atom is 0.227 e. The van der Waals surface area contributed by atoms with Gasteiger partial charge in [0.15, 0.2) is 0 Å². The fraction of sp³-hybridized carbons (Fsp3) is 0.312. The topological polar surface area (TPSA) is 81.3 Å². The largest absolute Gasteiger partial charge is 0.481 e. The number of anilines is 2. The number of hydrogen-bond donors (Lipinski definition) is 1. The lowest BCUT2D eigenvalue weighted by Gasteiger charge is -2.16. The number of ether oxygens (including phenoxy) is 1. The minimum atomic E-state index is 0.144. The highest BCUT2D eigenvalue weighted by Crippen LogP contribution is 2.27. The molecule has 2 heterocycles. The molecule has 0 saturated carbocycles. The fourth-order valence-electron chi connectivity index (χ4n) is 2.77. The van der Waals surface area contributed by atoms with Crippen molar-refractivity contribution in [2.24, 2.45) is 5.92 Å². The third-order valence-electron chi connectivity index (χ3n) is 3.75. The van der Waals surface area contributed by atoms with E-state index in [1.807, 2.05) is 35.2 Å². The Morgan fingerprint density at radius 3 is 2.82 bits per heavy atom. The Bertz CT molecular complexity index is 675. The van der Waals surface area contributed by atoms with Crippen LogP contribution in [0.3, 0.4) is 0 Å². The van der Waals surface area contributed by atoms with Crippen LogP contribution in [0.25, 0.3) is 0 Å². The summed E-state index contributed by atoms with van der Waals surface area (Å²) < 4.78 is 5.10. The molecule has 1 fully saturated rings. The van der Waals surface area contributed by atoms with E-state index in [1.165, 1.54) is 0 Å². The number of amides is 1. The zero-order valence-electron chi connectivity index (χ0n) is 12.4. The Morgan fingerprint density at radius 1 is 1.32 bits per heavy atom. The monoisotopic (exact) mass is 298 g/mol. The number of rotatable bonds is 4. The van der Waals surface area contributed by atoms with Crippen LogP contribution in [0.5, 0.6) is 5.88 Å². The van der Waals surface area contributed by atoms with Crippen molar-refractivity contribution >= 4 is 17.5 Å². The number of carbonyl (C=O) groups excluding carboxylic acids is 1. The van der Waals surface area contributed by atoms with Gasteiger partial charge >= 0.3 is 0 Å². The van der Waals surface area contributed by atoms with Gasteiger partial charge in [0, 0.05) is 24.7 Å². The SMILES string of the molecule is COc1cc(C[C@H]2CC(=O)N(c3ccccc3)C2)nc(N)n1. The molecule has 3 rings (SSSR count). The molecule has 0 unspecified atom stereocenters. The minimum absolute atomic E-state index is 0.144. The molecule has 1 aromatic heterocycles. The van der Waals surface area contributed by atoms with Gasteiger partial charge in [0.25, 0.3) is 0 Å². The number of aromatic nitrogens is 2. The Kier molecular flexibility index (Phi) is 3.91. The van der Waals surface area contributed by atoms with Gasteiger partial charge < -0.3 is 15.4 Å². The van der Waals surface area contributed by atoms with Crippen LogP contribution in [0.1, 0.15) is 12.1 Å². The van der Waals surface area contributed by atoms with Crippen molar-refractivity contribution in [3.63, 3.8) is 0 Å². The molecule has 1 saturated heterocycles. The maximum absolute atomic E-state index is 12.2. The van der Waals surface area contributed by atoms with Crippen molar-refractivity contribution in [1.29, 1.82) is 0 Å². The summed E-state index contributed by atoms with van der Waals surface area (Å²) in [6, 6.07) is 11.5. The van der Waals surface area contributed by atoms with Crippen molar-refractivity contribution in [2.45, 2.75) is 12.8 Å². The molecule has 0 aliphatic carbocycles. The Hall–Kier alpha value is -2.63. The maximum atomic E-state index is 12.2. The van der Waals surface area contributed by atoms with E-state index >= 15 is 0 Å². The highest BCUT2D eigenvalue weighted by atomic mass is 16.5. The number of para-hydroxylation sites is 1. The molecular weight excluding hydrogens is 280 g/mol. The summed E-state index contributed by atoms with van der Waals surface area (Å²) in [4.78, 5) is 22.2. The number of nitrogen functional groups attached to an aromatic ring is 1. The van der Waals surface area contributed by atoms with Gasteiger partial charge in [-0.15, -0.1) is 0 Å². The second-order valence-electron chi connectivity index (χ2n) is 5.37. The first-order valence-corrected chi connectivity index (χ1v) is 7.18. The molecule has 2 N–H and O–H groups in total. The molecule has 114 valence electrons. The van der Waals surface area contributed by atoms with Crippen LogP contribution in [-0.2, 0) is 11.2 Å². The van der Waals surface area contributed by atoms with Gasteiger partial charge in [-0.2, -0.15) is 4.98 Å². The van der Waals surface area contributed by atoms with Crippen LogP contribution in [0.4, 0.5) is 11.6 Å². The van der Waals surface area contributed by atoms with Gasteiger partial charge in [0.1, 0.15) is 0 Å². The standard InChI is InChI=1S/C16H18N4O2/c1-22-14-9-12(18-16(17)19-14)7-11-8-15(21)20(10-11)13-5-3-2-4-6-13/h2-6,9,11H,7-8,10H2,1H3,(H2,17,18,19)/t11-/m0/s1. The molecule has 22 heavy (non-hydrogen) atoms. The lowest BCUT2D eigenvalue weighted by molar-refractivity contribution is -0.117. The molecule has 1 aliphatic heterocycles. The fourth-order valence-corrected chi connectivity index (χ4v) is 2.77. The van der Waals surface area contributed by atoms with E-state index < -0.39 is 0 Å². The Balaban J connectivity index is 1.73. The van der Waals surface area contributed by atoms with E-state index in [-0.39, 0.29) is 17.8 Å². The van der Waals surface area contributed by atoms with Crippen LogP contribution in [0.15, 0.2) is 36.4 Å². The first-order chi connectivity index (χ1) is 10.7. The molecule has 0 bridgehead atoms. The molecule has 6 nitrogen and oxygen atoms in total. The van der Waals surface area contributed by atoms with Crippen molar-refractivity contribution < 1.29 is 9.53 Å². The lowest BCUT2D eigenvalue weighted by atomic mass is 10.0. The van der Waals surface area contributed by atoms with Crippen LogP contribution in [0.2, 0.25) is 0 Å². The zero-order chi connectivity index (χ0) is 15.5. The Labute approximate surface area is 128 Å². The summed E-state index contributed by atoms with van der Waals surface area (Å²) in [5.41, 5.74) is 7.42. The molecule has 6 heteroatoms. The zero-order valence-corrected chi connectivity index (χ0v) is 12.4. The minimum Gasteiger partial charge on any atom is -0.481 e. The van der Waals surface area contributed by atoms with Crippen LogP contribution in [-0.4, -0.2) is 29.5 Å². The average Bonchev–Trinajstić information content (AvgIpc) is 2.88. The molecule has 2 aromatic rings. The van der Waals surface area contributed by atoms with E-state index in [1.54, 1.807) is 13.2 Å². The van der Waals surface area contributed by atoms with Gasteiger partial charge in [-0.05, 0) is 24.5 Å². The second-order valence-corrected chi connectivity index (χ2v) is 5.37. The van der Waals surface area contributed by atoms with Crippen LogP contribution in [0, 0.1) is 5.92 Å². The first kappa shape index (κ1) is 14.3. The van der Waals surface area contributed by atoms with Crippen LogP contribution >= 0.6 is 0 Å². The van der Waals surface area contributed by atoms with E-state index in [4.69, 9.17) is 10.5 Å².